The Labute approximate surface area is 650 Å². The molecule has 3 heterocycles. The molecule has 10 nitrogen and oxygen atoms in total. The Morgan fingerprint density at radius 1 is 0.692 bits per heavy atom. The van der Waals surface area contributed by atoms with E-state index in [-0.39, 0.29) is 43.2 Å². The molecule has 0 aromatic heterocycles. The van der Waals surface area contributed by atoms with Crippen LogP contribution in [0, 0.1) is 71.9 Å². The van der Waals surface area contributed by atoms with E-state index in [4.69, 9.17) is 43.1 Å². The van der Waals surface area contributed by atoms with Crippen molar-refractivity contribution in [3.63, 3.8) is 0 Å². The fourth-order valence-electron chi connectivity index (χ4n) is 13.7. The van der Waals surface area contributed by atoms with Gasteiger partial charge in [-0.15, -0.1) is 13.2 Å². The summed E-state index contributed by atoms with van der Waals surface area (Å²) in [6.07, 6.45) is 39.4. The van der Waals surface area contributed by atoms with E-state index in [9.17, 15) is 14.4 Å². The van der Waals surface area contributed by atoms with Crippen molar-refractivity contribution >= 4 is 69.3 Å². The number of ketones is 1. The second-order valence-corrected chi connectivity index (χ2v) is 44.8. The molecule has 2 unspecified atom stereocenters. The van der Waals surface area contributed by atoms with Gasteiger partial charge in [-0.25, -0.2) is 9.59 Å². The van der Waals surface area contributed by atoms with Gasteiger partial charge >= 0.3 is 85.3 Å². The Hall–Kier alpha value is -4.09. The number of hydrogen-bond acceptors (Lipinski definition) is 10. The van der Waals surface area contributed by atoms with E-state index in [0.717, 1.165) is 75.3 Å². The molecule has 0 bridgehead atoms. The number of halogens is 2. The number of ether oxygens (including phenoxy) is 3. The van der Waals surface area contributed by atoms with Crippen molar-refractivity contribution in [3.05, 3.63) is 173 Å². The Kier molecular flexibility index (Phi) is 48.8. The van der Waals surface area contributed by atoms with Crippen molar-refractivity contribution in [2.45, 2.75) is 275 Å². The molecule has 3 saturated carbocycles. The zero-order valence-electron chi connectivity index (χ0n) is 68.4. The Bertz CT molecular complexity index is 2970. The number of carbonyl (C=O) groups excluding carboxylic acids is 3. The summed E-state index contributed by atoms with van der Waals surface area (Å²) in [5, 5.41) is 8.70. The summed E-state index contributed by atoms with van der Waals surface area (Å²) in [6, 6.07) is 19.0. The molecule has 0 spiro atoms. The van der Waals surface area contributed by atoms with Gasteiger partial charge in [-0.05, 0) is 230 Å². The molecule has 0 amide bonds. The van der Waals surface area contributed by atoms with E-state index >= 15 is 0 Å². The van der Waals surface area contributed by atoms with Crippen molar-refractivity contribution < 1.29 is 51.6 Å². The summed E-state index contributed by atoms with van der Waals surface area (Å²) >= 11 is -1.61. The number of anilines is 2. The molecule has 1 saturated heterocycles. The number of aryl methyl sites for hydroxylation is 6. The molecular formula is C89H143Cl2N2O8PRuSi. The fraction of sp³-hybridized carbons (Fsp3) is 0.607. The number of aliphatic hydroxyl groups excluding tert-OH is 1. The number of rotatable bonds is 21. The van der Waals surface area contributed by atoms with Gasteiger partial charge in [0, 0.05) is 68.6 Å². The summed E-state index contributed by atoms with van der Waals surface area (Å²) in [5.74, 6) is 1.02. The molecule has 15 heteroatoms. The molecule has 3 aromatic carbocycles. The number of carbonyl (C=O) groups is 3. The van der Waals surface area contributed by atoms with E-state index in [0.29, 0.717) is 36.5 Å². The van der Waals surface area contributed by atoms with Crippen LogP contribution in [0.3, 0.4) is 0 Å². The quantitative estimate of drug-likeness (QED) is 0.0276. The molecule has 9 rings (SSSR count). The van der Waals surface area contributed by atoms with Crippen molar-refractivity contribution in [2.24, 2.45) is 23.7 Å². The summed E-state index contributed by atoms with van der Waals surface area (Å²) in [4.78, 5) is 37.8. The number of benzene rings is 3. The summed E-state index contributed by atoms with van der Waals surface area (Å²) in [6.45, 7) is 58.3. The van der Waals surface area contributed by atoms with Crippen molar-refractivity contribution in [2.75, 3.05) is 62.5 Å². The monoisotopic (exact) mass is 1600 g/mol. The van der Waals surface area contributed by atoms with Crippen molar-refractivity contribution in [3.8, 4) is 0 Å². The number of allylic oxidation sites excluding steroid dienone is 1. The van der Waals surface area contributed by atoms with Crippen LogP contribution in [-0.2, 0) is 46.5 Å². The van der Waals surface area contributed by atoms with Crippen LogP contribution < -0.4 is 9.80 Å². The Balaban J connectivity index is 0.000000419. The normalized spacial score (nSPS) is 18.0. The van der Waals surface area contributed by atoms with E-state index < -0.39 is 21.8 Å². The first kappa shape index (κ1) is 96.0. The van der Waals surface area contributed by atoms with Gasteiger partial charge in [-0.3, -0.25) is 4.79 Å². The second-order valence-electron chi connectivity index (χ2n) is 30.9. The first-order valence-corrected chi connectivity index (χ1v) is 49.3. The van der Waals surface area contributed by atoms with E-state index in [2.05, 4.69) is 156 Å². The third-order valence-electron chi connectivity index (χ3n) is 21.0. The molecule has 104 heavy (non-hydrogen) atoms. The molecule has 3 aliphatic carbocycles. The van der Waals surface area contributed by atoms with Crippen LogP contribution in [0.4, 0.5) is 11.4 Å². The van der Waals surface area contributed by atoms with Crippen molar-refractivity contribution in [1.82, 2.24) is 0 Å². The summed E-state index contributed by atoms with van der Waals surface area (Å²) in [7, 11) is 9.61. The molecule has 1 N–H and O–H groups in total. The number of aliphatic hydroxyl groups is 1. The summed E-state index contributed by atoms with van der Waals surface area (Å²) in [5.41, 5.74) is 17.7. The van der Waals surface area contributed by atoms with Gasteiger partial charge in [-0.1, -0.05) is 146 Å². The maximum absolute atomic E-state index is 11.3. The Morgan fingerprint density at radius 3 is 1.44 bits per heavy atom. The number of esters is 2. The van der Waals surface area contributed by atoms with Gasteiger partial charge in [-0.2, -0.15) is 6.67 Å². The molecular weight excluding hydrogens is 1460 g/mol. The minimum absolute atomic E-state index is 0.0465. The van der Waals surface area contributed by atoms with Gasteiger partial charge in [0.05, 0.1) is 43.4 Å². The third kappa shape index (κ3) is 37.3. The predicted molar refractivity (Wildman–Crippen MR) is 453 cm³/mol. The number of nitrogens with zero attached hydrogens (tertiary/aromatic N) is 2. The zero-order valence-corrected chi connectivity index (χ0v) is 73.6. The molecule has 3 aliphatic heterocycles. The molecule has 3 aromatic rings. The number of hydrogen-bond donors (Lipinski definition) is 1. The standard InChI is InChI=1S/C21H27N2.C18H33P.C15H30O2Si.C10H16O2.C8H12O2.C7H6.C6H12O.C4H6O.2ClH.Ru/c1-14-9-16(3)20(17(4)10-14)22-7-8-23(13-22)21-18(5)11-15(2)12-19(21)6;1-4-10-16(11-5-1)19(17-12-6-2-7-13-17)18-14-8-3-9-15-18;1-9-14(10-12(2)13(3)16)11-17-18(7,8)15(4,5)6;1-5-9(6-2)7-12-10(11)8(3)4;1-3-7-4-6(2)8(9)10-5-7;1-7-5-3-2-4-6-7;1-3-6(4-2)5-7;1-2-4-5-3-1;;;/h9-13H,7-8H2,1-6H3;16-18H,1-15H2;10,14H,9,11H2,1-8H3;5,9H,1,3,6-7H2,2,4H3;4,7H,3,5H2,1-2H3;1-6H;3,6-7H,1,4-5H2,2H3;1-2H,3-4H2;2*1H;/q-1;;;;;;;;;;+2/p-1/b;;12-10-;;;;;;;;/t;;14-;;7-;;;;;;/m..0.0....../s1. The van der Waals surface area contributed by atoms with E-state index in [1.807, 2.05) is 73.9 Å². The minimum atomic E-state index is -1.68. The third-order valence-corrected chi connectivity index (χ3v) is 32.0. The molecule has 4 fully saturated rings. The molecule has 588 valence electrons. The van der Waals surface area contributed by atoms with Gasteiger partial charge in [0.15, 0.2) is 14.1 Å². The van der Waals surface area contributed by atoms with Crippen molar-refractivity contribution in [1.29, 1.82) is 0 Å². The van der Waals surface area contributed by atoms with Crippen LogP contribution in [0.15, 0.2) is 128 Å². The van der Waals surface area contributed by atoms with Gasteiger partial charge in [0.25, 0.3) is 0 Å². The fourth-order valence-corrected chi connectivity index (χ4v) is 21.8. The molecule has 6 aliphatic rings. The van der Waals surface area contributed by atoms with Crippen LogP contribution in [0.25, 0.3) is 0 Å². The Morgan fingerprint density at radius 2 is 1.12 bits per heavy atom. The average Bonchev–Trinajstić information content (AvgIpc) is 1.60. The van der Waals surface area contributed by atoms with Gasteiger partial charge in [0.1, 0.15) is 0 Å². The molecule has 4 atom stereocenters. The molecule has 0 radical (unpaired) electrons. The van der Waals surface area contributed by atoms with Crippen LogP contribution in [0.1, 0.15) is 237 Å². The zero-order chi connectivity index (χ0) is 78.0. The maximum atomic E-state index is 11.3. The van der Waals surface area contributed by atoms with E-state index in [1.54, 1.807) is 129 Å². The average molecular weight is 1600 g/mol. The first-order valence-electron chi connectivity index (χ1n) is 39.2. The number of cyclic esters (lactones) is 1. The van der Waals surface area contributed by atoms with E-state index in [1.165, 1.54) is 61.7 Å². The predicted octanol–water partition coefficient (Wildman–Crippen LogP) is 24.1. The van der Waals surface area contributed by atoms with Crippen LogP contribution >= 0.6 is 27.3 Å². The summed E-state index contributed by atoms with van der Waals surface area (Å²) < 4.78 is 22.8. The van der Waals surface area contributed by atoms with Gasteiger partial charge in [0.2, 0.25) is 0 Å². The van der Waals surface area contributed by atoms with Crippen LogP contribution in [0.5, 0.6) is 0 Å². The first-order chi connectivity index (χ1) is 49.3. The topological polar surface area (TPSA) is 115 Å². The van der Waals surface area contributed by atoms with Gasteiger partial charge < -0.3 is 33.5 Å². The van der Waals surface area contributed by atoms with Crippen LogP contribution in [0.2, 0.25) is 18.1 Å². The SMILES string of the molecule is C1=CCOC1.C1CCC([PH+](C2CCCCC2)C2CCCCC2)CC1.C=CC(CC)CO.C=CC(CC)COC(=O)C(=C)C.CC[C@@H](/C=C(/C)C(C)=O)CO[Si](C)(C)C(C)(C)C.CC[C@H]1C=C(C)C(=O)OC1.Cc1cc(C)c(N2[CH-]N(c3c(C)cc(C)cc3C)CC2)c(C)c1.[Cl][Ru]([Cl])=[CH]c1ccccc1. The van der Waals surface area contributed by atoms with Crippen LogP contribution in [-0.4, -0.2) is 105 Å². The number of Topliss-reactive ketones (excluding diaryl/α,β-unsaturated/α-hetero) is 1. The second kappa shape index (κ2) is 52.9.